The van der Waals surface area contributed by atoms with Crippen LogP contribution in [-0.4, -0.2) is 51.3 Å². The van der Waals surface area contributed by atoms with E-state index in [9.17, 15) is 14.9 Å². The number of aromatic nitrogens is 4. The summed E-state index contributed by atoms with van der Waals surface area (Å²) in [6.45, 7) is 5.84. The summed E-state index contributed by atoms with van der Waals surface area (Å²) in [6.07, 6.45) is 9.35. The molecule has 3 aromatic rings. The molecule has 210 valence electrons. The summed E-state index contributed by atoms with van der Waals surface area (Å²) in [5.74, 6) is 1.93. The zero-order chi connectivity index (χ0) is 28.1. The molecule has 2 N–H and O–H groups in total. The number of nitrogens with zero attached hydrogens (tertiary/aromatic N) is 7. The predicted molar refractivity (Wildman–Crippen MR) is 156 cm³/mol. The van der Waals surface area contributed by atoms with E-state index >= 15 is 0 Å². The number of hydrogen-bond donors (Lipinski definition) is 1. The third-order valence-electron chi connectivity index (χ3n) is 8.09. The van der Waals surface area contributed by atoms with Crippen molar-refractivity contribution in [3.8, 4) is 6.07 Å². The first-order valence-electron chi connectivity index (χ1n) is 14.3. The third kappa shape index (κ3) is 6.42. The fraction of sp³-hybridized carbons (Fsp3) is 0.500. The van der Waals surface area contributed by atoms with E-state index in [2.05, 4.69) is 25.8 Å². The van der Waals surface area contributed by atoms with Crippen molar-refractivity contribution in [1.29, 1.82) is 5.26 Å². The van der Waals surface area contributed by atoms with Crippen LogP contribution in [0.15, 0.2) is 52.3 Å². The number of aryl methyl sites for hydroxylation is 1. The average molecular weight is 543 g/mol. The largest absolute Gasteiger partial charge is 0.356 e. The van der Waals surface area contributed by atoms with Gasteiger partial charge in [0, 0.05) is 57.2 Å². The lowest BCUT2D eigenvalue weighted by molar-refractivity contribution is 0.358. The molecule has 0 unspecified atom stereocenters. The van der Waals surface area contributed by atoms with Crippen molar-refractivity contribution in [3.63, 3.8) is 0 Å². The zero-order valence-corrected chi connectivity index (χ0v) is 23.2. The topological polar surface area (TPSA) is 126 Å². The van der Waals surface area contributed by atoms with Crippen molar-refractivity contribution in [2.75, 3.05) is 36.0 Å². The van der Waals surface area contributed by atoms with E-state index < -0.39 is 0 Å². The molecule has 0 radical (unpaired) electrons. The highest BCUT2D eigenvalue weighted by molar-refractivity contribution is 5.41. The summed E-state index contributed by atoms with van der Waals surface area (Å²) in [5, 5.41) is 9.34. The molecule has 0 aliphatic carbocycles. The standard InChI is InChI=1S/C30H38N8O2/c1-22-18-33-29(34-19-22)35-13-9-23(10-14-35)7-3-12-37-28(39)16-27(36-11-4-8-26(32)21-36)38(30(37)40)20-25-6-2-5-24(15-25)17-31/h2,5-6,15-16,18-19,23,26H,3-4,7-14,20-21,32H2,1H3/t26-/m1/s1. The van der Waals surface area contributed by atoms with E-state index in [1.54, 1.807) is 22.8 Å². The molecule has 0 spiro atoms. The minimum atomic E-state index is -0.310. The normalized spacial score (nSPS) is 18.1. The van der Waals surface area contributed by atoms with E-state index in [1.165, 1.54) is 4.57 Å². The Morgan fingerprint density at radius 3 is 2.52 bits per heavy atom. The fourth-order valence-corrected chi connectivity index (χ4v) is 5.87. The van der Waals surface area contributed by atoms with Crippen LogP contribution in [0.2, 0.25) is 0 Å². The quantitative estimate of drug-likeness (QED) is 0.460. The van der Waals surface area contributed by atoms with Gasteiger partial charge in [0.15, 0.2) is 0 Å². The summed E-state index contributed by atoms with van der Waals surface area (Å²) in [7, 11) is 0. The van der Waals surface area contributed by atoms with Crippen LogP contribution in [-0.2, 0) is 13.1 Å². The Balaban J connectivity index is 1.29. The molecule has 2 fully saturated rings. The van der Waals surface area contributed by atoms with Crippen molar-refractivity contribution >= 4 is 11.8 Å². The second-order valence-electron chi connectivity index (χ2n) is 11.2. The Labute approximate surface area is 234 Å². The minimum absolute atomic E-state index is 0.00522. The summed E-state index contributed by atoms with van der Waals surface area (Å²) in [5.41, 5.74) is 8.09. The molecule has 40 heavy (non-hydrogen) atoms. The van der Waals surface area contributed by atoms with Crippen molar-refractivity contribution < 1.29 is 0 Å². The van der Waals surface area contributed by atoms with Crippen LogP contribution in [0.3, 0.4) is 0 Å². The maximum absolute atomic E-state index is 13.8. The van der Waals surface area contributed by atoms with Crippen LogP contribution in [0.25, 0.3) is 0 Å². The number of nitriles is 1. The van der Waals surface area contributed by atoms with Crippen molar-refractivity contribution in [2.24, 2.45) is 11.7 Å². The number of rotatable bonds is 8. The van der Waals surface area contributed by atoms with Gasteiger partial charge in [0.2, 0.25) is 5.95 Å². The van der Waals surface area contributed by atoms with E-state index in [4.69, 9.17) is 5.73 Å². The number of anilines is 2. The van der Waals surface area contributed by atoms with E-state index in [-0.39, 0.29) is 23.8 Å². The van der Waals surface area contributed by atoms with Crippen LogP contribution in [0.1, 0.15) is 55.2 Å². The SMILES string of the molecule is Cc1cnc(N2CCC(CCCn3c(=O)cc(N4CCC[C@@H](N)C4)n(Cc4cccc(C#N)c4)c3=O)CC2)nc1. The number of nitrogens with two attached hydrogens (primary N) is 1. The smallest absolute Gasteiger partial charge is 0.332 e. The number of hydrogen-bond acceptors (Lipinski definition) is 8. The molecule has 2 aliphatic heterocycles. The van der Waals surface area contributed by atoms with Crippen molar-refractivity contribution in [2.45, 2.75) is 64.6 Å². The zero-order valence-electron chi connectivity index (χ0n) is 23.2. The summed E-state index contributed by atoms with van der Waals surface area (Å²) in [4.78, 5) is 40.2. The Hall–Kier alpha value is -3.97. The molecule has 2 saturated heterocycles. The fourth-order valence-electron chi connectivity index (χ4n) is 5.87. The molecule has 0 amide bonds. The summed E-state index contributed by atoms with van der Waals surface area (Å²) in [6, 6.07) is 11.0. The molecule has 2 aromatic heterocycles. The lowest BCUT2D eigenvalue weighted by Gasteiger charge is -2.34. The molecule has 10 heteroatoms. The number of piperidine rings is 2. The first kappa shape index (κ1) is 27.6. The molecule has 0 saturated carbocycles. The van der Waals surface area contributed by atoms with Gasteiger partial charge in [-0.2, -0.15) is 5.26 Å². The molecule has 4 heterocycles. The lowest BCUT2D eigenvalue weighted by Crippen LogP contribution is -2.48. The van der Waals surface area contributed by atoms with Crippen LogP contribution in [0, 0.1) is 24.2 Å². The van der Waals surface area contributed by atoms with Crippen LogP contribution >= 0.6 is 0 Å². The van der Waals surface area contributed by atoms with Gasteiger partial charge in [-0.05, 0) is 74.6 Å². The van der Waals surface area contributed by atoms with Gasteiger partial charge in [-0.25, -0.2) is 14.8 Å². The Bertz CT molecular complexity index is 1460. The Kier molecular flexibility index (Phi) is 8.60. The molecule has 10 nitrogen and oxygen atoms in total. The monoisotopic (exact) mass is 542 g/mol. The van der Waals surface area contributed by atoms with E-state index in [0.717, 1.165) is 75.2 Å². The Morgan fingerprint density at radius 1 is 1.02 bits per heavy atom. The first-order chi connectivity index (χ1) is 19.4. The predicted octanol–water partition coefficient (Wildman–Crippen LogP) is 2.65. The van der Waals surface area contributed by atoms with E-state index in [0.29, 0.717) is 30.4 Å². The first-order valence-corrected chi connectivity index (χ1v) is 14.3. The second kappa shape index (κ2) is 12.5. The van der Waals surface area contributed by atoms with Crippen LogP contribution in [0.5, 0.6) is 0 Å². The molecule has 1 atom stereocenters. The van der Waals surface area contributed by atoms with Gasteiger partial charge in [-0.3, -0.25) is 13.9 Å². The molecule has 5 rings (SSSR count). The molecule has 0 bridgehead atoms. The van der Waals surface area contributed by atoms with Crippen molar-refractivity contribution in [1.82, 2.24) is 19.1 Å². The maximum Gasteiger partial charge on any atom is 0.332 e. The van der Waals surface area contributed by atoms with Gasteiger partial charge in [0.1, 0.15) is 5.82 Å². The van der Waals surface area contributed by atoms with Crippen LogP contribution in [0.4, 0.5) is 11.8 Å². The third-order valence-corrected chi connectivity index (χ3v) is 8.09. The average Bonchev–Trinajstić information content (AvgIpc) is 2.97. The summed E-state index contributed by atoms with van der Waals surface area (Å²) < 4.78 is 3.05. The Morgan fingerprint density at radius 2 is 1.80 bits per heavy atom. The van der Waals surface area contributed by atoms with E-state index in [1.807, 2.05) is 31.5 Å². The summed E-state index contributed by atoms with van der Waals surface area (Å²) >= 11 is 0. The highest BCUT2D eigenvalue weighted by atomic mass is 16.2. The second-order valence-corrected chi connectivity index (χ2v) is 11.2. The van der Waals surface area contributed by atoms with Gasteiger partial charge in [-0.15, -0.1) is 0 Å². The van der Waals surface area contributed by atoms with Crippen molar-refractivity contribution in [3.05, 3.63) is 80.3 Å². The van der Waals surface area contributed by atoms with Gasteiger partial charge in [-0.1, -0.05) is 12.1 Å². The van der Waals surface area contributed by atoms with Gasteiger partial charge >= 0.3 is 5.69 Å². The number of benzene rings is 1. The molecular weight excluding hydrogens is 504 g/mol. The maximum atomic E-state index is 13.8. The lowest BCUT2D eigenvalue weighted by atomic mass is 9.92. The van der Waals surface area contributed by atoms with Gasteiger partial charge < -0.3 is 15.5 Å². The molecular formula is C30H38N8O2. The van der Waals surface area contributed by atoms with Gasteiger partial charge in [0.25, 0.3) is 5.56 Å². The highest BCUT2D eigenvalue weighted by Crippen LogP contribution is 2.24. The molecule has 1 aromatic carbocycles. The highest BCUT2D eigenvalue weighted by Gasteiger charge is 2.24. The molecule has 2 aliphatic rings. The van der Waals surface area contributed by atoms with Crippen LogP contribution < -0.4 is 26.8 Å². The minimum Gasteiger partial charge on any atom is -0.356 e. The van der Waals surface area contributed by atoms with Gasteiger partial charge in [0.05, 0.1) is 18.2 Å².